The van der Waals surface area contributed by atoms with E-state index in [1.807, 2.05) is 47.3 Å². The lowest BCUT2D eigenvalue weighted by Gasteiger charge is -2.05. The van der Waals surface area contributed by atoms with E-state index in [2.05, 4.69) is 42.1 Å². The van der Waals surface area contributed by atoms with Gasteiger partial charge in [-0.05, 0) is 61.9 Å². The second kappa shape index (κ2) is 9.27. The summed E-state index contributed by atoms with van der Waals surface area (Å²) in [4.78, 5) is 18.4. The van der Waals surface area contributed by atoms with Crippen LogP contribution in [0.3, 0.4) is 0 Å². The maximum Gasteiger partial charge on any atom is 0.291 e. The molecule has 6 rings (SSSR count). The van der Waals surface area contributed by atoms with Crippen molar-refractivity contribution in [2.24, 2.45) is 0 Å². The molecule has 0 saturated heterocycles. The summed E-state index contributed by atoms with van der Waals surface area (Å²) in [5.74, 6) is 0.379. The van der Waals surface area contributed by atoms with Gasteiger partial charge < -0.3 is 0 Å². The van der Waals surface area contributed by atoms with Crippen molar-refractivity contribution < 1.29 is 0 Å². The Morgan fingerprint density at radius 3 is 2.49 bits per heavy atom. The van der Waals surface area contributed by atoms with Crippen LogP contribution in [-0.4, -0.2) is 24.4 Å². The molecule has 37 heavy (non-hydrogen) atoms. The van der Waals surface area contributed by atoms with Crippen molar-refractivity contribution in [1.82, 2.24) is 24.4 Å². The third kappa shape index (κ3) is 4.35. The number of aromatic nitrogens is 5. The third-order valence-corrected chi connectivity index (χ3v) is 7.56. The molecule has 9 heteroatoms. The molecule has 3 aromatic heterocycles. The molecule has 3 aromatic carbocycles. The average molecular weight is 544 g/mol. The quantitative estimate of drug-likeness (QED) is 0.267. The highest BCUT2D eigenvalue weighted by molar-refractivity contribution is 7.15. The van der Waals surface area contributed by atoms with Crippen LogP contribution in [0.15, 0.2) is 77.7 Å². The van der Waals surface area contributed by atoms with Gasteiger partial charge >= 0.3 is 0 Å². The molecule has 0 bridgehead atoms. The second-order valence-electron chi connectivity index (χ2n) is 8.70. The van der Waals surface area contributed by atoms with Crippen molar-refractivity contribution in [2.45, 2.75) is 13.8 Å². The van der Waals surface area contributed by atoms with Crippen LogP contribution in [0.5, 0.6) is 0 Å². The van der Waals surface area contributed by atoms with E-state index in [4.69, 9.17) is 28.3 Å². The van der Waals surface area contributed by atoms with Crippen LogP contribution in [0.4, 0.5) is 0 Å². The first-order valence-corrected chi connectivity index (χ1v) is 13.0. The van der Waals surface area contributed by atoms with E-state index in [9.17, 15) is 4.79 Å². The molecule has 3 heterocycles. The van der Waals surface area contributed by atoms with Gasteiger partial charge in [0.05, 0.1) is 15.2 Å². The maximum absolute atomic E-state index is 13.3. The Kier molecular flexibility index (Phi) is 5.91. The van der Waals surface area contributed by atoms with Crippen molar-refractivity contribution in [3.05, 3.63) is 115 Å². The highest BCUT2D eigenvalue weighted by Gasteiger charge is 2.17. The number of fused-ring (bicyclic) bond motifs is 1. The van der Waals surface area contributed by atoms with Crippen molar-refractivity contribution in [2.75, 3.05) is 0 Å². The monoisotopic (exact) mass is 543 g/mol. The standard InChI is InChI=1S/C28H19Cl2N5OS/c1-16-8-9-17(2)22(12-16)25-18(15-34(32-25)20-6-4-3-5-7-20)13-24-27(36)35-28(37-24)31-26(33-35)21-11-10-19(29)14-23(21)30/h3-15H,1-2H3. The molecule has 0 atom stereocenters. The molecule has 0 saturated carbocycles. The van der Waals surface area contributed by atoms with Crippen molar-refractivity contribution >= 4 is 45.6 Å². The van der Waals surface area contributed by atoms with Gasteiger partial charge in [0, 0.05) is 27.9 Å². The molecule has 0 unspecified atom stereocenters. The van der Waals surface area contributed by atoms with Gasteiger partial charge in [-0.3, -0.25) is 4.79 Å². The Morgan fingerprint density at radius 1 is 0.919 bits per heavy atom. The fourth-order valence-corrected chi connectivity index (χ4v) is 5.56. The first-order chi connectivity index (χ1) is 17.9. The van der Waals surface area contributed by atoms with E-state index in [0.717, 1.165) is 33.6 Å². The summed E-state index contributed by atoms with van der Waals surface area (Å²) in [6, 6.07) is 21.3. The molecule has 0 fully saturated rings. The van der Waals surface area contributed by atoms with Gasteiger partial charge in [-0.2, -0.15) is 14.6 Å². The summed E-state index contributed by atoms with van der Waals surface area (Å²) in [5, 5.41) is 10.3. The molecule has 0 N–H and O–H groups in total. The van der Waals surface area contributed by atoms with E-state index in [1.165, 1.54) is 15.9 Å². The lowest BCUT2D eigenvalue weighted by atomic mass is 10.0. The summed E-state index contributed by atoms with van der Waals surface area (Å²) in [6.07, 6.45) is 3.81. The van der Waals surface area contributed by atoms with Crippen molar-refractivity contribution in [3.63, 3.8) is 0 Å². The Hall–Kier alpha value is -3.78. The number of halogens is 2. The van der Waals surface area contributed by atoms with Gasteiger partial charge in [-0.25, -0.2) is 4.68 Å². The fraction of sp³-hybridized carbons (Fsp3) is 0.0714. The fourth-order valence-electron chi connectivity index (χ4n) is 4.17. The van der Waals surface area contributed by atoms with Crippen LogP contribution < -0.4 is 10.1 Å². The summed E-state index contributed by atoms with van der Waals surface area (Å²) < 4.78 is 3.67. The number of thiazole rings is 1. The molecule has 0 aliphatic rings. The maximum atomic E-state index is 13.3. The first-order valence-electron chi connectivity index (χ1n) is 11.5. The predicted molar refractivity (Wildman–Crippen MR) is 150 cm³/mol. The normalized spacial score (nSPS) is 12.1. The van der Waals surface area contributed by atoms with Gasteiger partial charge in [0.2, 0.25) is 4.96 Å². The first kappa shape index (κ1) is 23.6. The number of nitrogens with zero attached hydrogens (tertiary/aromatic N) is 5. The van der Waals surface area contributed by atoms with Crippen molar-refractivity contribution in [1.29, 1.82) is 0 Å². The SMILES string of the molecule is Cc1ccc(C)c(-c2nn(-c3ccccc3)cc2C=c2sc3nc(-c4ccc(Cl)cc4Cl)nn3c2=O)c1. The highest BCUT2D eigenvalue weighted by atomic mass is 35.5. The molecular formula is C28H19Cl2N5OS. The molecule has 182 valence electrons. The average Bonchev–Trinajstić information content (AvgIpc) is 3.56. The molecule has 0 spiro atoms. The summed E-state index contributed by atoms with van der Waals surface area (Å²) in [7, 11) is 0. The summed E-state index contributed by atoms with van der Waals surface area (Å²) in [5.41, 5.74) is 6.20. The van der Waals surface area contributed by atoms with Crippen LogP contribution >= 0.6 is 34.5 Å². The second-order valence-corrected chi connectivity index (χ2v) is 10.6. The Balaban J connectivity index is 1.51. The Labute approximate surface area is 226 Å². The Bertz CT molecular complexity index is 1910. The van der Waals surface area contributed by atoms with Gasteiger partial charge in [-0.1, -0.05) is 70.4 Å². The van der Waals surface area contributed by atoms with Crippen LogP contribution in [0.25, 0.3) is 39.4 Å². The van der Waals surface area contributed by atoms with E-state index >= 15 is 0 Å². The molecule has 0 radical (unpaired) electrons. The van der Waals surface area contributed by atoms with E-state index < -0.39 is 0 Å². The van der Waals surface area contributed by atoms with E-state index in [1.54, 1.807) is 18.2 Å². The molecule has 6 nitrogen and oxygen atoms in total. The molecule has 6 aromatic rings. The lowest BCUT2D eigenvalue weighted by Crippen LogP contribution is -2.23. The van der Waals surface area contributed by atoms with Gasteiger partial charge in [0.1, 0.15) is 5.69 Å². The molecule has 0 aliphatic carbocycles. The number of para-hydroxylation sites is 1. The zero-order valence-electron chi connectivity index (χ0n) is 19.8. The van der Waals surface area contributed by atoms with Gasteiger partial charge in [0.25, 0.3) is 5.56 Å². The lowest BCUT2D eigenvalue weighted by molar-refractivity contribution is 0.884. The van der Waals surface area contributed by atoms with Gasteiger partial charge in [0.15, 0.2) is 5.82 Å². The predicted octanol–water partition coefficient (Wildman–Crippen LogP) is 6.14. The van der Waals surface area contributed by atoms with Crippen LogP contribution in [0.1, 0.15) is 16.7 Å². The summed E-state index contributed by atoms with van der Waals surface area (Å²) >= 11 is 13.6. The number of aryl methyl sites for hydroxylation is 2. The van der Waals surface area contributed by atoms with Crippen molar-refractivity contribution in [3.8, 4) is 28.3 Å². The summed E-state index contributed by atoms with van der Waals surface area (Å²) in [6.45, 7) is 4.12. The van der Waals surface area contributed by atoms with Crippen LogP contribution in [-0.2, 0) is 0 Å². The van der Waals surface area contributed by atoms with E-state index in [-0.39, 0.29) is 5.56 Å². The topological polar surface area (TPSA) is 65.1 Å². The minimum atomic E-state index is -0.247. The van der Waals surface area contributed by atoms with Crippen LogP contribution in [0, 0.1) is 13.8 Å². The smallest absolute Gasteiger partial charge is 0.266 e. The third-order valence-electron chi connectivity index (χ3n) is 6.05. The Morgan fingerprint density at radius 2 is 1.73 bits per heavy atom. The highest BCUT2D eigenvalue weighted by Crippen LogP contribution is 2.30. The van der Waals surface area contributed by atoms with Crippen LogP contribution in [0.2, 0.25) is 10.0 Å². The molecular weight excluding hydrogens is 525 g/mol. The van der Waals surface area contributed by atoms with Gasteiger partial charge in [-0.15, -0.1) is 5.10 Å². The molecule has 0 amide bonds. The minimum absolute atomic E-state index is 0.247. The zero-order valence-corrected chi connectivity index (χ0v) is 22.1. The zero-order chi connectivity index (χ0) is 25.7. The molecule has 0 aliphatic heterocycles. The number of benzene rings is 3. The largest absolute Gasteiger partial charge is 0.291 e. The van der Waals surface area contributed by atoms with E-state index in [0.29, 0.717) is 30.9 Å². The number of rotatable bonds is 4. The number of hydrogen-bond acceptors (Lipinski definition) is 5. The number of hydrogen-bond donors (Lipinski definition) is 0. The minimum Gasteiger partial charge on any atom is -0.266 e.